The molecule has 1 aromatic rings. The average Bonchev–Trinajstić information content (AvgIpc) is 2.96. The Bertz CT molecular complexity index is 991. The van der Waals surface area contributed by atoms with Crippen molar-refractivity contribution in [2.24, 2.45) is 5.89 Å². The zero-order valence-corrected chi connectivity index (χ0v) is 11.7. The molecule has 2 aliphatic heterocycles. The molecule has 4 aliphatic rings. The van der Waals surface area contributed by atoms with Gasteiger partial charge in [-0.2, -0.15) is 0 Å². The summed E-state index contributed by atoms with van der Waals surface area (Å²) in [5.74, 6) is -1.89. The first-order valence-electron chi connectivity index (χ1n) is 11.8. The molecule has 0 saturated carbocycles. The number of ether oxygens (including phenoxy) is 2. The molecule has 5 rings (SSSR count). The van der Waals surface area contributed by atoms with Crippen molar-refractivity contribution in [1.82, 2.24) is 4.90 Å². The summed E-state index contributed by atoms with van der Waals surface area (Å²) in [7, 11) is -2.78. The van der Waals surface area contributed by atoms with Gasteiger partial charge in [0.1, 0.15) is 12.2 Å². The molecule has 4 nitrogen and oxygen atoms in total. The molecule has 1 spiro atoms. The van der Waals surface area contributed by atoms with Gasteiger partial charge in [0.2, 0.25) is 0 Å². The largest absolute Gasteiger partial charge is 0.493 e. The highest BCUT2D eigenvalue weighted by molar-refractivity contribution is 5.62. The van der Waals surface area contributed by atoms with Gasteiger partial charge < -0.3 is 19.5 Å². The van der Waals surface area contributed by atoms with E-state index in [9.17, 15) is 6.48 Å². The van der Waals surface area contributed by atoms with Crippen molar-refractivity contribution in [1.29, 1.82) is 0 Å². The number of nitrogens with zero attached hydrogens (tertiary/aromatic N) is 1. The second kappa shape index (κ2) is 4.06. The van der Waals surface area contributed by atoms with Gasteiger partial charge in [-0.25, -0.2) is 0 Å². The van der Waals surface area contributed by atoms with Crippen molar-refractivity contribution in [3.8, 4) is 11.5 Å². The van der Waals surface area contributed by atoms with Crippen LogP contribution in [0, 0.1) is 5.89 Å². The van der Waals surface area contributed by atoms with E-state index in [4.69, 9.17) is 20.4 Å². The third-order valence-electron chi connectivity index (χ3n) is 5.35. The molecule has 1 N–H and O–H groups in total. The predicted molar refractivity (Wildman–Crippen MR) is 82.5 cm³/mol. The molecule has 22 heavy (non-hydrogen) atoms. The zero-order valence-electron chi connectivity index (χ0n) is 20.7. The van der Waals surface area contributed by atoms with Crippen LogP contribution < -0.4 is 9.47 Å². The number of likely N-dealkylation sites (tertiary alicyclic amines) is 1. The van der Waals surface area contributed by atoms with Crippen LogP contribution in [0.5, 0.6) is 11.5 Å². The van der Waals surface area contributed by atoms with Crippen LogP contribution in [-0.2, 0) is 11.8 Å². The molecular formula is C18H21NO3. The first-order chi connectivity index (χ1) is 14.1. The molecule has 2 bridgehead atoms. The third-order valence-corrected chi connectivity index (χ3v) is 5.35. The molecule has 0 amide bonds. The smallest absolute Gasteiger partial charge is 0.165 e. The molecule has 1 fully saturated rings. The van der Waals surface area contributed by atoms with E-state index in [1.807, 2.05) is 0 Å². The molecule has 5 atom stereocenters. The maximum absolute atomic E-state index is 10.7. The summed E-state index contributed by atoms with van der Waals surface area (Å²) in [5.41, 5.74) is -0.825. The second-order valence-electron chi connectivity index (χ2n) is 6.22. The molecular weight excluding hydrogens is 278 g/mol. The standard InChI is InChI=1S/C18H21NO3/c1-19-8-7-18-11-4-5-13(20)17(18)22-16-14(21-2)6-3-10(15(16)18)9-12(11)19/h3-6,11-13,17,20H,7-9H2,1-2H3/t11-,12+,13?,17?,18-/m0/s1/i1D3,2D3,9D2,11D. The quantitative estimate of drug-likeness (QED) is 0.799. The fourth-order valence-electron chi connectivity index (χ4n) is 4.46. The predicted octanol–water partition coefficient (Wildman–Crippen LogP) is 1.50. The van der Waals surface area contributed by atoms with Crippen LogP contribution >= 0.6 is 0 Å². The number of piperidine rings is 1. The van der Waals surface area contributed by atoms with Crippen LogP contribution in [0.4, 0.5) is 0 Å². The summed E-state index contributed by atoms with van der Waals surface area (Å²) in [4.78, 5) is 1.05. The van der Waals surface area contributed by atoms with E-state index in [1.54, 1.807) is 0 Å². The Kier molecular flexibility index (Phi) is 1.28. The normalized spacial score (nSPS) is 53.9. The van der Waals surface area contributed by atoms with Gasteiger partial charge >= 0.3 is 0 Å². The van der Waals surface area contributed by atoms with Gasteiger partial charge in [0.15, 0.2) is 11.5 Å². The molecule has 0 radical (unpaired) electrons. The maximum atomic E-state index is 10.7. The van der Waals surface area contributed by atoms with Crippen molar-refractivity contribution in [2.75, 3.05) is 20.6 Å². The summed E-state index contributed by atoms with van der Waals surface area (Å²) in [6, 6.07) is 1.30. The fraction of sp³-hybridized carbons (Fsp3) is 0.556. The van der Waals surface area contributed by atoms with Crippen molar-refractivity contribution < 1.29 is 26.9 Å². The van der Waals surface area contributed by atoms with E-state index in [-0.39, 0.29) is 30.0 Å². The van der Waals surface area contributed by atoms with E-state index in [0.717, 1.165) is 4.90 Å². The van der Waals surface area contributed by atoms with Gasteiger partial charge in [0.25, 0.3) is 0 Å². The molecule has 1 aromatic carbocycles. The van der Waals surface area contributed by atoms with Crippen LogP contribution in [0.25, 0.3) is 0 Å². The lowest BCUT2D eigenvalue weighted by molar-refractivity contribution is -0.0453. The van der Waals surface area contributed by atoms with Gasteiger partial charge in [-0.3, -0.25) is 0 Å². The van der Waals surface area contributed by atoms with Crippen molar-refractivity contribution in [3.63, 3.8) is 0 Å². The van der Waals surface area contributed by atoms with Gasteiger partial charge in [0.05, 0.1) is 11.2 Å². The lowest BCUT2D eigenvalue weighted by atomic mass is 9.53. The topological polar surface area (TPSA) is 41.9 Å². The molecule has 2 unspecified atom stereocenters. The minimum atomic E-state index is -2.78. The van der Waals surface area contributed by atoms with Gasteiger partial charge in [-0.15, -0.1) is 0 Å². The molecule has 1 saturated heterocycles. The number of benzene rings is 1. The highest BCUT2D eigenvalue weighted by Gasteiger charge is 2.64. The molecule has 2 aliphatic carbocycles. The van der Waals surface area contributed by atoms with Gasteiger partial charge in [-0.1, -0.05) is 18.2 Å². The lowest BCUT2D eigenvalue weighted by Gasteiger charge is -2.56. The molecule has 4 heteroatoms. The minimum absolute atomic E-state index is 0.00246. The number of hydrogen-bond donors (Lipinski definition) is 1. The van der Waals surface area contributed by atoms with Crippen LogP contribution in [-0.4, -0.2) is 48.8 Å². The van der Waals surface area contributed by atoms with E-state index in [2.05, 4.69) is 0 Å². The fourth-order valence-corrected chi connectivity index (χ4v) is 4.46. The highest BCUT2D eigenvalue weighted by Crippen LogP contribution is 2.62. The Morgan fingerprint density at radius 2 is 2.50 bits per heavy atom. The molecule has 116 valence electrons. The summed E-state index contributed by atoms with van der Waals surface area (Å²) < 4.78 is 84.6. The lowest BCUT2D eigenvalue weighted by Crippen LogP contribution is -2.64. The Balaban J connectivity index is 1.84. The van der Waals surface area contributed by atoms with Gasteiger partial charge in [0, 0.05) is 31.1 Å². The summed E-state index contributed by atoms with van der Waals surface area (Å²) in [6.07, 6.45) is -1.57. The van der Waals surface area contributed by atoms with Crippen LogP contribution in [0.15, 0.2) is 24.3 Å². The monoisotopic (exact) mass is 308 g/mol. The minimum Gasteiger partial charge on any atom is -0.493 e. The van der Waals surface area contributed by atoms with E-state index in [0.29, 0.717) is 5.56 Å². The van der Waals surface area contributed by atoms with Crippen LogP contribution in [0.2, 0.25) is 0 Å². The highest BCUT2D eigenvalue weighted by atomic mass is 16.5. The third kappa shape index (κ3) is 1.28. The number of rotatable bonds is 1. The Morgan fingerprint density at radius 1 is 1.55 bits per heavy atom. The van der Waals surface area contributed by atoms with E-state index < -0.39 is 49.9 Å². The van der Waals surface area contributed by atoms with Crippen molar-refractivity contribution >= 4 is 0 Å². The summed E-state index contributed by atoms with van der Waals surface area (Å²) in [5, 5.41) is 10.7. The van der Waals surface area contributed by atoms with Crippen molar-refractivity contribution in [2.45, 2.75) is 36.5 Å². The first kappa shape index (κ1) is 6.93. The van der Waals surface area contributed by atoms with E-state index in [1.165, 1.54) is 24.3 Å². The van der Waals surface area contributed by atoms with Crippen molar-refractivity contribution in [3.05, 3.63) is 35.4 Å². The Morgan fingerprint density at radius 3 is 3.36 bits per heavy atom. The number of hydrogen-bond acceptors (Lipinski definition) is 4. The zero-order chi connectivity index (χ0) is 22.8. The molecule has 0 aromatic heterocycles. The maximum Gasteiger partial charge on any atom is 0.165 e. The Labute approximate surface area is 143 Å². The van der Waals surface area contributed by atoms with E-state index >= 15 is 0 Å². The van der Waals surface area contributed by atoms with Gasteiger partial charge in [-0.05, 0) is 37.9 Å². The SMILES string of the molecule is [2H]C([2H])([2H])Oc1ccc2c3c1OC1C(O)C=C[C@@]4([2H])[C@H](N(C([2H])([2H])[2H])CC[C@]314)C2([2H])[2H]. The number of methoxy groups -OCH3 is 1. The Hall–Kier alpha value is -1.52. The summed E-state index contributed by atoms with van der Waals surface area (Å²) >= 11 is 0. The van der Waals surface area contributed by atoms with Crippen LogP contribution in [0.3, 0.4) is 0 Å². The summed E-state index contributed by atoms with van der Waals surface area (Å²) in [6.45, 7) is -2.66. The molecule has 2 heterocycles. The number of aliphatic hydroxyl groups is 1. The first-order valence-corrected chi connectivity index (χ1v) is 7.32. The number of aliphatic hydroxyl groups excluding tert-OH is 1. The second-order valence-corrected chi connectivity index (χ2v) is 6.22. The number of likely N-dealkylation sites (N-methyl/N-ethyl adjacent to an activating group) is 1. The van der Waals surface area contributed by atoms with Crippen LogP contribution in [0.1, 0.15) is 29.9 Å². The average molecular weight is 308 g/mol.